The minimum atomic E-state index is 0.525. The molecule has 1 unspecified atom stereocenters. The summed E-state index contributed by atoms with van der Waals surface area (Å²) in [5.41, 5.74) is 0. The maximum Gasteiger partial charge on any atom is 0.138 e. The molecule has 0 N–H and O–H groups in total. The number of nitrogens with zero attached hydrogens (tertiary/aromatic N) is 3. The quantitative estimate of drug-likeness (QED) is 0.683. The van der Waals surface area contributed by atoms with Crippen LogP contribution in [0.2, 0.25) is 0 Å². The first-order chi connectivity index (χ1) is 6.81. The van der Waals surface area contributed by atoms with Crippen molar-refractivity contribution in [2.24, 2.45) is 5.92 Å². The Morgan fingerprint density at radius 2 is 2.29 bits per heavy atom. The zero-order valence-corrected chi connectivity index (χ0v) is 9.67. The molecule has 0 aliphatic rings. The van der Waals surface area contributed by atoms with Gasteiger partial charge in [0.1, 0.15) is 12.2 Å². The molecule has 0 amide bonds. The van der Waals surface area contributed by atoms with Crippen molar-refractivity contribution >= 4 is 11.6 Å². The Labute approximate surface area is 90.5 Å². The van der Waals surface area contributed by atoms with Crippen molar-refractivity contribution in [3.63, 3.8) is 0 Å². The lowest BCUT2D eigenvalue weighted by Crippen LogP contribution is -2.12. The van der Waals surface area contributed by atoms with Crippen molar-refractivity contribution in [1.82, 2.24) is 14.8 Å². The Hall–Kier alpha value is -0.570. The highest BCUT2D eigenvalue weighted by Crippen LogP contribution is 2.11. The first-order valence-corrected chi connectivity index (χ1v) is 5.77. The summed E-state index contributed by atoms with van der Waals surface area (Å²) in [4.78, 5) is 4.26. The first-order valence-electron chi connectivity index (χ1n) is 5.24. The van der Waals surface area contributed by atoms with Gasteiger partial charge in [-0.3, -0.25) is 4.68 Å². The van der Waals surface area contributed by atoms with Crippen molar-refractivity contribution < 1.29 is 0 Å². The number of alkyl halides is 1. The fourth-order valence-electron chi connectivity index (χ4n) is 1.41. The SMILES string of the molecule is CCCn1ncnc1CC(CC)CCl. The summed E-state index contributed by atoms with van der Waals surface area (Å²) in [5.74, 6) is 2.30. The van der Waals surface area contributed by atoms with Crippen LogP contribution in [0.5, 0.6) is 0 Å². The molecule has 0 aliphatic carbocycles. The topological polar surface area (TPSA) is 30.7 Å². The van der Waals surface area contributed by atoms with E-state index in [4.69, 9.17) is 11.6 Å². The average molecular weight is 216 g/mol. The summed E-state index contributed by atoms with van der Waals surface area (Å²) in [6.07, 6.45) is 4.77. The van der Waals surface area contributed by atoms with Crippen LogP contribution in [0.1, 0.15) is 32.5 Å². The molecular weight excluding hydrogens is 198 g/mol. The molecule has 0 aliphatic heterocycles. The standard InChI is InChI=1S/C10H18ClN3/c1-3-5-14-10(12-8-13-14)6-9(4-2)7-11/h8-9H,3-7H2,1-2H3. The van der Waals surface area contributed by atoms with E-state index in [9.17, 15) is 0 Å². The summed E-state index contributed by atoms with van der Waals surface area (Å²) in [5, 5.41) is 4.19. The van der Waals surface area contributed by atoms with Gasteiger partial charge in [0.15, 0.2) is 0 Å². The van der Waals surface area contributed by atoms with Crippen molar-refractivity contribution in [3.05, 3.63) is 12.2 Å². The first kappa shape index (κ1) is 11.5. The molecule has 4 heteroatoms. The second kappa shape index (κ2) is 6.02. The van der Waals surface area contributed by atoms with Crippen LogP contribution in [0.25, 0.3) is 0 Å². The van der Waals surface area contributed by atoms with Gasteiger partial charge in [-0.05, 0) is 12.3 Å². The van der Waals surface area contributed by atoms with Crippen molar-refractivity contribution in [3.8, 4) is 0 Å². The predicted octanol–water partition coefficient (Wildman–Crippen LogP) is 2.50. The maximum atomic E-state index is 5.86. The fraction of sp³-hybridized carbons (Fsp3) is 0.800. The molecule has 0 saturated heterocycles. The van der Waals surface area contributed by atoms with E-state index in [-0.39, 0.29) is 0 Å². The minimum absolute atomic E-state index is 0.525. The molecule has 80 valence electrons. The second-order valence-electron chi connectivity index (χ2n) is 3.53. The van der Waals surface area contributed by atoms with Gasteiger partial charge in [0, 0.05) is 18.8 Å². The van der Waals surface area contributed by atoms with Crippen LogP contribution in [-0.4, -0.2) is 20.6 Å². The molecule has 3 nitrogen and oxygen atoms in total. The number of halogens is 1. The zero-order valence-electron chi connectivity index (χ0n) is 8.91. The molecule has 0 bridgehead atoms. The van der Waals surface area contributed by atoms with E-state index in [1.54, 1.807) is 6.33 Å². The van der Waals surface area contributed by atoms with E-state index in [0.29, 0.717) is 11.8 Å². The Morgan fingerprint density at radius 1 is 1.50 bits per heavy atom. The van der Waals surface area contributed by atoms with E-state index in [1.165, 1.54) is 0 Å². The number of rotatable bonds is 6. The maximum absolute atomic E-state index is 5.86. The van der Waals surface area contributed by atoms with Crippen LogP contribution < -0.4 is 0 Å². The highest BCUT2D eigenvalue weighted by atomic mass is 35.5. The third-order valence-corrected chi connectivity index (χ3v) is 2.83. The van der Waals surface area contributed by atoms with Gasteiger partial charge in [-0.25, -0.2) is 4.98 Å². The van der Waals surface area contributed by atoms with Crippen LogP contribution in [0, 0.1) is 5.92 Å². The molecule has 0 spiro atoms. The molecule has 1 atom stereocenters. The van der Waals surface area contributed by atoms with Crippen molar-refractivity contribution in [2.75, 3.05) is 5.88 Å². The summed E-state index contributed by atoms with van der Waals surface area (Å²) < 4.78 is 1.98. The van der Waals surface area contributed by atoms with Gasteiger partial charge in [0.05, 0.1) is 0 Å². The highest BCUT2D eigenvalue weighted by Gasteiger charge is 2.10. The van der Waals surface area contributed by atoms with Gasteiger partial charge < -0.3 is 0 Å². The molecule has 0 fully saturated rings. The lowest BCUT2D eigenvalue weighted by molar-refractivity contribution is 0.501. The molecule has 0 aromatic carbocycles. The van der Waals surface area contributed by atoms with E-state index < -0.39 is 0 Å². The molecule has 1 aromatic rings. The number of aryl methyl sites for hydroxylation is 1. The van der Waals surface area contributed by atoms with Gasteiger partial charge in [-0.2, -0.15) is 5.10 Å². The molecule has 0 radical (unpaired) electrons. The summed E-state index contributed by atoms with van der Waals surface area (Å²) in [6.45, 7) is 5.26. The molecule has 14 heavy (non-hydrogen) atoms. The highest BCUT2D eigenvalue weighted by molar-refractivity contribution is 6.18. The molecule has 0 saturated carbocycles. The Balaban J connectivity index is 2.60. The largest absolute Gasteiger partial charge is 0.250 e. The van der Waals surface area contributed by atoms with Crippen LogP contribution in [0.15, 0.2) is 6.33 Å². The van der Waals surface area contributed by atoms with Crippen LogP contribution in [0.3, 0.4) is 0 Å². The monoisotopic (exact) mass is 215 g/mol. The van der Waals surface area contributed by atoms with E-state index in [1.807, 2.05) is 4.68 Å². The van der Waals surface area contributed by atoms with E-state index in [0.717, 1.165) is 31.6 Å². The van der Waals surface area contributed by atoms with E-state index in [2.05, 4.69) is 23.9 Å². The lowest BCUT2D eigenvalue weighted by atomic mass is 10.0. The average Bonchev–Trinajstić information content (AvgIpc) is 2.62. The molecular formula is C10H18ClN3. The summed E-state index contributed by atoms with van der Waals surface area (Å²) >= 11 is 5.86. The normalized spacial score (nSPS) is 13.1. The summed E-state index contributed by atoms with van der Waals surface area (Å²) in [7, 11) is 0. The Kier molecular flexibility index (Phi) is 4.94. The van der Waals surface area contributed by atoms with Crippen molar-refractivity contribution in [2.45, 2.75) is 39.7 Å². The smallest absolute Gasteiger partial charge is 0.138 e. The van der Waals surface area contributed by atoms with Crippen LogP contribution >= 0.6 is 11.6 Å². The van der Waals surface area contributed by atoms with Gasteiger partial charge in [0.2, 0.25) is 0 Å². The number of aromatic nitrogens is 3. The molecule has 1 aromatic heterocycles. The van der Waals surface area contributed by atoms with Gasteiger partial charge in [-0.15, -0.1) is 11.6 Å². The van der Waals surface area contributed by atoms with Gasteiger partial charge >= 0.3 is 0 Å². The molecule has 1 rings (SSSR count). The second-order valence-corrected chi connectivity index (χ2v) is 3.84. The predicted molar refractivity (Wildman–Crippen MR) is 58.5 cm³/mol. The Morgan fingerprint density at radius 3 is 2.86 bits per heavy atom. The van der Waals surface area contributed by atoms with Crippen molar-refractivity contribution in [1.29, 1.82) is 0 Å². The lowest BCUT2D eigenvalue weighted by Gasteiger charge is -2.10. The third-order valence-electron chi connectivity index (χ3n) is 2.40. The third kappa shape index (κ3) is 2.98. The number of hydrogen-bond acceptors (Lipinski definition) is 2. The van der Waals surface area contributed by atoms with Crippen LogP contribution in [-0.2, 0) is 13.0 Å². The van der Waals surface area contributed by atoms with Gasteiger partial charge in [-0.1, -0.05) is 20.3 Å². The fourth-order valence-corrected chi connectivity index (χ4v) is 1.74. The Bertz CT molecular complexity index is 256. The van der Waals surface area contributed by atoms with Gasteiger partial charge in [0.25, 0.3) is 0 Å². The van der Waals surface area contributed by atoms with Crippen LogP contribution in [0.4, 0.5) is 0 Å². The van der Waals surface area contributed by atoms with E-state index >= 15 is 0 Å². The zero-order chi connectivity index (χ0) is 10.4. The molecule has 1 heterocycles. The minimum Gasteiger partial charge on any atom is -0.250 e. The summed E-state index contributed by atoms with van der Waals surface area (Å²) in [6, 6.07) is 0. The number of hydrogen-bond donors (Lipinski definition) is 0.